The number of carbonyl (C=O) groups is 2. The van der Waals surface area contributed by atoms with Gasteiger partial charge in [-0.05, 0) is 43.9 Å². The van der Waals surface area contributed by atoms with Gasteiger partial charge in [-0.25, -0.2) is 4.79 Å². The molecule has 1 aliphatic heterocycles. The normalized spacial score (nSPS) is 20.1. The lowest BCUT2D eigenvalue weighted by Gasteiger charge is -2.27. The lowest BCUT2D eigenvalue weighted by molar-refractivity contribution is -0.164. The smallest absolute Gasteiger partial charge is 0.418 e. The van der Waals surface area contributed by atoms with E-state index in [2.05, 4.69) is 5.32 Å². The standard InChI is InChI=1S/C28H30F6N2O5S/c29-27(30,31)23-17(15-40-26(38)36-18-8-5-16(6-9-18)25(35)37)7-10-22(24(23)28(32,33)34)42-21-4-2-1-3-20(21)41-19-11-13-39-14-12-19/h1-4,7,10,16,18-19H,5-6,8-9,11-15H2,(H2,35,37)(H,36,38). The van der Waals surface area contributed by atoms with Crippen LogP contribution in [0.1, 0.15) is 55.2 Å². The van der Waals surface area contributed by atoms with Crippen molar-refractivity contribution in [2.24, 2.45) is 11.7 Å². The summed E-state index contributed by atoms with van der Waals surface area (Å²) in [4.78, 5) is 23.2. The molecule has 2 aromatic carbocycles. The fraction of sp³-hybridized carbons (Fsp3) is 0.500. The topological polar surface area (TPSA) is 99.9 Å². The van der Waals surface area contributed by atoms with E-state index in [1.165, 1.54) is 6.07 Å². The van der Waals surface area contributed by atoms with Crippen LogP contribution in [0.5, 0.6) is 5.75 Å². The van der Waals surface area contributed by atoms with E-state index in [1.807, 2.05) is 0 Å². The van der Waals surface area contributed by atoms with E-state index in [0.717, 1.165) is 12.1 Å². The molecule has 1 saturated heterocycles. The molecule has 1 saturated carbocycles. The molecular formula is C28H30F6N2O5S. The van der Waals surface area contributed by atoms with E-state index < -0.39 is 58.6 Å². The van der Waals surface area contributed by atoms with E-state index in [0.29, 0.717) is 63.5 Å². The van der Waals surface area contributed by atoms with Crippen LogP contribution in [0, 0.1) is 5.92 Å². The lowest BCUT2D eigenvalue weighted by atomic mass is 9.86. The first-order valence-electron chi connectivity index (χ1n) is 13.4. The number of amides is 2. The second kappa shape index (κ2) is 13.4. The Morgan fingerprint density at radius 1 is 0.881 bits per heavy atom. The molecule has 7 nitrogen and oxygen atoms in total. The van der Waals surface area contributed by atoms with Crippen molar-refractivity contribution >= 4 is 23.8 Å². The second-order valence-corrected chi connectivity index (χ2v) is 11.2. The summed E-state index contributed by atoms with van der Waals surface area (Å²) in [6.07, 6.45) is -9.28. The highest BCUT2D eigenvalue weighted by Crippen LogP contribution is 2.49. The van der Waals surface area contributed by atoms with Crippen LogP contribution in [0.2, 0.25) is 0 Å². The van der Waals surface area contributed by atoms with E-state index in [9.17, 15) is 35.9 Å². The predicted molar refractivity (Wildman–Crippen MR) is 140 cm³/mol. The molecule has 42 heavy (non-hydrogen) atoms. The first-order valence-corrected chi connectivity index (χ1v) is 14.2. The van der Waals surface area contributed by atoms with Gasteiger partial charge in [0.2, 0.25) is 5.91 Å². The maximum absolute atomic E-state index is 14.3. The molecule has 1 aliphatic carbocycles. The number of para-hydroxylation sites is 1. The third kappa shape index (κ3) is 8.24. The third-order valence-electron chi connectivity index (χ3n) is 7.16. The molecule has 230 valence electrons. The number of hydrogen-bond donors (Lipinski definition) is 2. The fourth-order valence-electron chi connectivity index (χ4n) is 5.03. The van der Waals surface area contributed by atoms with E-state index >= 15 is 0 Å². The minimum atomic E-state index is -5.40. The van der Waals surface area contributed by atoms with Crippen molar-refractivity contribution in [2.75, 3.05) is 13.2 Å². The van der Waals surface area contributed by atoms with Gasteiger partial charge in [0.15, 0.2) is 0 Å². The highest BCUT2D eigenvalue weighted by molar-refractivity contribution is 7.99. The Morgan fingerprint density at radius 2 is 1.52 bits per heavy atom. The van der Waals surface area contributed by atoms with Crippen LogP contribution < -0.4 is 15.8 Å². The van der Waals surface area contributed by atoms with Gasteiger partial charge in [-0.2, -0.15) is 26.3 Å². The van der Waals surface area contributed by atoms with Crippen molar-refractivity contribution in [3.05, 3.63) is 53.1 Å². The summed E-state index contributed by atoms with van der Waals surface area (Å²) in [7, 11) is 0. The zero-order valence-electron chi connectivity index (χ0n) is 22.4. The van der Waals surface area contributed by atoms with Crippen molar-refractivity contribution in [3.8, 4) is 5.75 Å². The van der Waals surface area contributed by atoms with Gasteiger partial charge in [-0.15, -0.1) is 0 Å². The monoisotopic (exact) mass is 620 g/mol. The van der Waals surface area contributed by atoms with Crippen LogP contribution in [0.15, 0.2) is 46.2 Å². The molecule has 0 unspecified atom stereocenters. The highest BCUT2D eigenvalue weighted by atomic mass is 32.2. The van der Waals surface area contributed by atoms with Crippen molar-refractivity contribution < 1.29 is 50.1 Å². The number of nitrogens with one attached hydrogen (secondary N) is 1. The Morgan fingerprint density at radius 3 is 2.14 bits per heavy atom. The SMILES string of the molecule is NC(=O)C1CCC(NC(=O)OCc2ccc(Sc3ccccc3OC3CCOCC3)c(C(F)(F)F)c2C(F)(F)F)CC1. The van der Waals surface area contributed by atoms with Gasteiger partial charge in [-0.1, -0.05) is 30.0 Å². The fourth-order valence-corrected chi connectivity index (χ4v) is 6.09. The summed E-state index contributed by atoms with van der Waals surface area (Å²) in [5, 5.41) is 2.49. The molecule has 1 heterocycles. The molecule has 0 bridgehead atoms. The molecule has 2 fully saturated rings. The van der Waals surface area contributed by atoms with Gasteiger partial charge in [0.05, 0.1) is 29.2 Å². The number of halogens is 6. The molecule has 0 radical (unpaired) electrons. The molecule has 14 heteroatoms. The maximum Gasteiger partial charge on any atom is 0.418 e. The van der Waals surface area contributed by atoms with Gasteiger partial charge in [0.25, 0.3) is 0 Å². The van der Waals surface area contributed by atoms with Crippen LogP contribution in [0.4, 0.5) is 31.1 Å². The summed E-state index contributed by atoms with van der Waals surface area (Å²) in [5.74, 6) is -0.524. The van der Waals surface area contributed by atoms with Crippen LogP contribution in [0.3, 0.4) is 0 Å². The summed E-state index contributed by atoms with van der Waals surface area (Å²) in [6, 6.07) is 7.63. The number of alkyl halides is 6. The Bertz CT molecular complexity index is 1260. The molecule has 2 aliphatic rings. The molecular weight excluding hydrogens is 590 g/mol. The number of primary amides is 1. The van der Waals surface area contributed by atoms with Gasteiger partial charge < -0.3 is 25.3 Å². The Hall–Kier alpha value is -3.13. The van der Waals surface area contributed by atoms with Crippen molar-refractivity contribution in [2.45, 2.75) is 79.4 Å². The first-order chi connectivity index (χ1) is 19.8. The molecule has 4 rings (SSSR count). The molecule has 0 aromatic heterocycles. The number of rotatable bonds is 8. The number of benzene rings is 2. The summed E-state index contributed by atoms with van der Waals surface area (Å²) < 4.78 is 102. The molecule has 2 aromatic rings. The van der Waals surface area contributed by atoms with Crippen molar-refractivity contribution in [1.29, 1.82) is 0 Å². The number of hydrogen-bond acceptors (Lipinski definition) is 6. The largest absolute Gasteiger partial charge is 0.489 e. The Kier molecular flexibility index (Phi) is 10.2. The Labute approximate surface area is 242 Å². The van der Waals surface area contributed by atoms with Crippen LogP contribution >= 0.6 is 11.8 Å². The quantitative estimate of drug-likeness (QED) is 0.319. The lowest BCUT2D eigenvalue weighted by Crippen LogP contribution is -2.40. The number of alkyl carbamates (subject to hydrolysis) is 1. The van der Waals surface area contributed by atoms with E-state index in [4.69, 9.17) is 19.9 Å². The predicted octanol–water partition coefficient (Wildman–Crippen LogP) is 6.70. The maximum atomic E-state index is 14.3. The molecule has 3 N–H and O–H groups in total. The van der Waals surface area contributed by atoms with Crippen LogP contribution in [0.25, 0.3) is 0 Å². The third-order valence-corrected chi connectivity index (χ3v) is 8.28. The molecule has 2 amide bonds. The van der Waals surface area contributed by atoms with E-state index in [-0.39, 0.29) is 22.7 Å². The summed E-state index contributed by atoms with van der Waals surface area (Å²) >= 11 is 0.516. The van der Waals surface area contributed by atoms with E-state index in [1.54, 1.807) is 18.2 Å². The van der Waals surface area contributed by atoms with Crippen molar-refractivity contribution in [3.63, 3.8) is 0 Å². The zero-order valence-corrected chi connectivity index (χ0v) is 23.2. The molecule has 0 atom stereocenters. The van der Waals surface area contributed by atoms with Gasteiger partial charge in [0, 0.05) is 35.3 Å². The number of nitrogens with two attached hydrogens (primary N) is 1. The van der Waals surface area contributed by atoms with Crippen LogP contribution in [-0.4, -0.2) is 37.4 Å². The minimum absolute atomic E-state index is 0.219. The highest BCUT2D eigenvalue weighted by Gasteiger charge is 2.47. The second-order valence-electron chi connectivity index (χ2n) is 10.1. The average molecular weight is 621 g/mol. The summed E-state index contributed by atoms with van der Waals surface area (Å²) in [6.45, 7) is -0.106. The van der Waals surface area contributed by atoms with Gasteiger partial charge in [-0.3, -0.25) is 4.79 Å². The Balaban J connectivity index is 1.55. The van der Waals surface area contributed by atoms with Crippen molar-refractivity contribution in [1.82, 2.24) is 5.32 Å². The number of ether oxygens (including phenoxy) is 3. The minimum Gasteiger partial charge on any atom is -0.489 e. The average Bonchev–Trinajstić information content (AvgIpc) is 2.93. The zero-order chi connectivity index (χ0) is 30.5. The van der Waals surface area contributed by atoms with Gasteiger partial charge >= 0.3 is 18.4 Å². The summed E-state index contributed by atoms with van der Waals surface area (Å²) in [5.41, 5.74) is 0.660. The first kappa shape index (κ1) is 31.8. The van der Waals surface area contributed by atoms with Crippen LogP contribution in [-0.2, 0) is 33.2 Å². The number of carbonyl (C=O) groups excluding carboxylic acids is 2. The van der Waals surface area contributed by atoms with Gasteiger partial charge in [0.1, 0.15) is 18.5 Å². The molecule has 0 spiro atoms.